The molecule has 0 aliphatic rings. The molecule has 0 aromatic heterocycles. The summed E-state index contributed by atoms with van der Waals surface area (Å²) < 4.78 is 11.4. The SMILES string of the molecule is Cc1ccc(C(=O)CP(=O)(O)O)cc1Br. The summed E-state index contributed by atoms with van der Waals surface area (Å²) >= 11 is 3.25. The zero-order valence-electron chi connectivity index (χ0n) is 7.98. The molecule has 0 aliphatic heterocycles. The van der Waals surface area contributed by atoms with E-state index in [0.29, 0.717) is 5.56 Å². The van der Waals surface area contributed by atoms with E-state index >= 15 is 0 Å². The van der Waals surface area contributed by atoms with Crippen LogP contribution in [0, 0.1) is 6.92 Å². The third-order valence-electron chi connectivity index (χ3n) is 1.84. The molecule has 4 nitrogen and oxygen atoms in total. The lowest BCUT2D eigenvalue weighted by Gasteiger charge is -2.04. The maximum absolute atomic E-state index is 11.4. The molecular formula is C9H10BrO4P. The Kier molecular flexibility index (Phi) is 3.84. The molecule has 0 aliphatic carbocycles. The number of rotatable bonds is 3. The number of carbonyl (C=O) groups is 1. The van der Waals surface area contributed by atoms with Crippen molar-refractivity contribution in [1.82, 2.24) is 0 Å². The second kappa shape index (κ2) is 4.58. The van der Waals surface area contributed by atoms with E-state index in [1.807, 2.05) is 6.92 Å². The molecule has 0 fully saturated rings. The van der Waals surface area contributed by atoms with Crippen LogP contribution in [0.3, 0.4) is 0 Å². The van der Waals surface area contributed by atoms with Crippen molar-refractivity contribution in [3.05, 3.63) is 33.8 Å². The molecule has 0 unspecified atom stereocenters. The minimum Gasteiger partial charge on any atom is -0.324 e. The van der Waals surface area contributed by atoms with Crippen molar-refractivity contribution < 1.29 is 19.1 Å². The largest absolute Gasteiger partial charge is 0.333 e. The van der Waals surface area contributed by atoms with Crippen LogP contribution < -0.4 is 0 Å². The maximum atomic E-state index is 11.4. The monoisotopic (exact) mass is 292 g/mol. The van der Waals surface area contributed by atoms with Crippen molar-refractivity contribution in [2.24, 2.45) is 0 Å². The van der Waals surface area contributed by atoms with Gasteiger partial charge < -0.3 is 9.79 Å². The Labute approximate surface area is 95.6 Å². The minimum absolute atomic E-state index is 0.302. The minimum atomic E-state index is -4.28. The normalized spacial score (nSPS) is 11.5. The average Bonchev–Trinajstić information content (AvgIpc) is 2.06. The Hall–Kier alpha value is -0.480. The van der Waals surface area contributed by atoms with Gasteiger partial charge in [-0.3, -0.25) is 9.36 Å². The summed E-state index contributed by atoms with van der Waals surface area (Å²) in [6.45, 7) is 1.86. The Morgan fingerprint density at radius 2 is 2.07 bits per heavy atom. The molecule has 1 aromatic carbocycles. The van der Waals surface area contributed by atoms with E-state index in [2.05, 4.69) is 15.9 Å². The average molecular weight is 293 g/mol. The molecule has 1 aromatic rings. The Morgan fingerprint density at radius 1 is 1.47 bits per heavy atom. The molecule has 0 bridgehead atoms. The van der Waals surface area contributed by atoms with E-state index in [1.54, 1.807) is 18.2 Å². The predicted octanol–water partition coefficient (Wildman–Crippen LogP) is 2.12. The number of aryl methyl sites for hydroxylation is 1. The number of Topliss-reactive ketones (excluding diaryl/α,β-unsaturated/α-hetero) is 1. The number of ketones is 1. The van der Waals surface area contributed by atoms with Gasteiger partial charge in [0.1, 0.15) is 6.16 Å². The second-order valence-electron chi connectivity index (χ2n) is 3.21. The number of hydrogen-bond donors (Lipinski definition) is 2. The van der Waals surface area contributed by atoms with E-state index < -0.39 is 19.5 Å². The molecule has 0 saturated carbocycles. The van der Waals surface area contributed by atoms with Gasteiger partial charge in [0.15, 0.2) is 5.78 Å². The summed E-state index contributed by atoms with van der Waals surface area (Å²) in [5.74, 6) is -0.552. The van der Waals surface area contributed by atoms with E-state index in [4.69, 9.17) is 9.79 Å². The Morgan fingerprint density at radius 3 is 2.53 bits per heavy atom. The van der Waals surface area contributed by atoms with Gasteiger partial charge in [-0.15, -0.1) is 0 Å². The molecule has 0 amide bonds. The highest BCUT2D eigenvalue weighted by Gasteiger charge is 2.20. The van der Waals surface area contributed by atoms with Gasteiger partial charge >= 0.3 is 7.60 Å². The summed E-state index contributed by atoms with van der Waals surface area (Å²) in [6.07, 6.45) is -0.748. The first-order valence-electron chi connectivity index (χ1n) is 4.13. The van der Waals surface area contributed by atoms with Crippen LogP contribution in [0.15, 0.2) is 22.7 Å². The van der Waals surface area contributed by atoms with E-state index in [0.717, 1.165) is 10.0 Å². The van der Waals surface area contributed by atoms with Crippen molar-refractivity contribution in [2.45, 2.75) is 6.92 Å². The fraction of sp³-hybridized carbons (Fsp3) is 0.222. The van der Waals surface area contributed by atoms with Crippen LogP contribution in [0.25, 0.3) is 0 Å². The zero-order valence-corrected chi connectivity index (χ0v) is 10.5. The highest BCUT2D eigenvalue weighted by Crippen LogP contribution is 2.35. The first-order valence-corrected chi connectivity index (χ1v) is 6.72. The zero-order chi connectivity index (χ0) is 11.6. The van der Waals surface area contributed by atoms with Gasteiger partial charge in [-0.05, 0) is 18.6 Å². The van der Waals surface area contributed by atoms with Crippen molar-refractivity contribution >= 4 is 29.3 Å². The summed E-state index contributed by atoms with van der Waals surface area (Å²) in [7, 11) is -4.28. The van der Waals surface area contributed by atoms with Crippen LogP contribution in [-0.2, 0) is 4.57 Å². The third-order valence-corrected chi connectivity index (χ3v) is 3.40. The van der Waals surface area contributed by atoms with Crippen LogP contribution in [0.1, 0.15) is 15.9 Å². The smallest absolute Gasteiger partial charge is 0.324 e. The molecule has 6 heteroatoms. The van der Waals surface area contributed by atoms with Gasteiger partial charge in [0.05, 0.1) is 0 Å². The highest BCUT2D eigenvalue weighted by atomic mass is 79.9. The molecule has 15 heavy (non-hydrogen) atoms. The van der Waals surface area contributed by atoms with Crippen LogP contribution in [0.2, 0.25) is 0 Å². The first kappa shape index (κ1) is 12.6. The van der Waals surface area contributed by atoms with Crippen molar-refractivity contribution in [1.29, 1.82) is 0 Å². The second-order valence-corrected chi connectivity index (χ2v) is 5.71. The van der Waals surface area contributed by atoms with Crippen molar-refractivity contribution in [3.8, 4) is 0 Å². The molecule has 0 atom stereocenters. The fourth-order valence-electron chi connectivity index (χ4n) is 1.04. The lowest BCUT2D eigenvalue weighted by molar-refractivity contribution is 0.101. The standard InChI is InChI=1S/C9H10BrO4P/c1-6-2-3-7(4-8(6)10)9(11)5-15(12,13)14/h2-4H,5H2,1H3,(H2,12,13,14). The van der Waals surface area contributed by atoms with Gasteiger partial charge in [-0.2, -0.15) is 0 Å². The van der Waals surface area contributed by atoms with Crippen LogP contribution in [0.4, 0.5) is 0 Å². The van der Waals surface area contributed by atoms with Gasteiger partial charge in [-0.1, -0.05) is 28.1 Å². The lowest BCUT2D eigenvalue weighted by Crippen LogP contribution is -2.05. The summed E-state index contributed by atoms with van der Waals surface area (Å²) in [5.41, 5.74) is 1.26. The van der Waals surface area contributed by atoms with Gasteiger partial charge in [0.2, 0.25) is 0 Å². The molecule has 2 N–H and O–H groups in total. The predicted molar refractivity (Wildman–Crippen MR) is 60.1 cm³/mol. The lowest BCUT2D eigenvalue weighted by atomic mass is 10.1. The molecule has 0 radical (unpaired) electrons. The number of carbonyl (C=O) groups excluding carboxylic acids is 1. The molecule has 0 saturated heterocycles. The number of halogens is 1. The number of benzene rings is 1. The van der Waals surface area contributed by atoms with Crippen LogP contribution in [0.5, 0.6) is 0 Å². The maximum Gasteiger partial charge on any atom is 0.333 e. The molecule has 1 rings (SSSR count). The van der Waals surface area contributed by atoms with E-state index in [-0.39, 0.29) is 0 Å². The summed E-state index contributed by atoms with van der Waals surface area (Å²) in [6, 6.07) is 4.84. The third kappa shape index (κ3) is 3.87. The van der Waals surface area contributed by atoms with Crippen molar-refractivity contribution in [2.75, 3.05) is 6.16 Å². The summed E-state index contributed by atoms with van der Waals surface area (Å²) in [4.78, 5) is 28.7. The summed E-state index contributed by atoms with van der Waals surface area (Å²) in [5, 5.41) is 0. The van der Waals surface area contributed by atoms with Gasteiger partial charge in [0.25, 0.3) is 0 Å². The molecule has 0 heterocycles. The van der Waals surface area contributed by atoms with E-state index in [1.165, 1.54) is 0 Å². The van der Waals surface area contributed by atoms with Gasteiger partial charge in [0, 0.05) is 10.0 Å². The molecule has 0 spiro atoms. The van der Waals surface area contributed by atoms with Crippen LogP contribution >= 0.6 is 23.5 Å². The topological polar surface area (TPSA) is 74.6 Å². The molecule has 82 valence electrons. The van der Waals surface area contributed by atoms with Gasteiger partial charge in [-0.25, -0.2) is 0 Å². The quantitative estimate of drug-likeness (QED) is 0.661. The fourth-order valence-corrected chi connectivity index (χ4v) is 1.98. The first-order chi connectivity index (χ1) is 6.79. The van der Waals surface area contributed by atoms with E-state index in [9.17, 15) is 9.36 Å². The van der Waals surface area contributed by atoms with Crippen molar-refractivity contribution in [3.63, 3.8) is 0 Å². The van der Waals surface area contributed by atoms with Crippen LogP contribution in [-0.4, -0.2) is 21.7 Å². The Bertz CT molecular complexity index is 438. The molecular weight excluding hydrogens is 283 g/mol. The Balaban J connectivity index is 2.93. The highest BCUT2D eigenvalue weighted by molar-refractivity contribution is 9.10. The number of hydrogen-bond acceptors (Lipinski definition) is 2.